The molecule has 0 saturated carbocycles. The number of halogens is 1. The second kappa shape index (κ2) is 11.8. The molecular formula is C25H26FN5O7. The summed E-state index contributed by atoms with van der Waals surface area (Å²) in [5.41, 5.74) is 1.30. The summed E-state index contributed by atoms with van der Waals surface area (Å²) in [4.78, 5) is 53.9. The van der Waals surface area contributed by atoms with E-state index in [1.54, 1.807) is 29.2 Å². The molecule has 38 heavy (non-hydrogen) atoms. The van der Waals surface area contributed by atoms with Crippen molar-refractivity contribution in [3.05, 3.63) is 42.3 Å². The number of carbonyl (C=O) groups is 4. The minimum absolute atomic E-state index is 0.0947. The van der Waals surface area contributed by atoms with E-state index in [1.165, 1.54) is 23.5 Å². The Morgan fingerprint density at radius 2 is 1.95 bits per heavy atom. The number of hydrogen-bond donors (Lipinski definition) is 2. The summed E-state index contributed by atoms with van der Waals surface area (Å²) >= 11 is 0. The van der Waals surface area contributed by atoms with Crippen molar-refractivity contribution in [1.82, 2.24) is 9.99 Å². The van der Waals surface area contributed by atoms with E-state index in [2.05, 4.69) is 10.1 Å². The van der Waals surface area contributed by atoms with Crippen LogP contribution in [0.2, 0.25) is 0 Å². The molecule has 12 nitrogen and oxygen atoms in total. The Balaban J connectivity index is 1.34. The number of anilines is 2. The third-order valence-corrected chi connectivity index (χ3v) is 6.15. The van der Waals surface area contributed by atoms with Crippen molar-refractivity contribution in [2.75, 3.05) is 42.6 Å². The largest absolute Gasteiger partial charge is 0.481 e. The average molecular weight is 528 g/mol. The summed E-state index contributed by atoms with van der Waals surface area (Å²) in [6, 6.07) is 7.93. The van der Waals surface area contributed by atoms with Crippen molar-refractivity contribution in [1.29, 1.82) is 0 Å². The molecule has 13 heteroatoms. The molecule has 0 bridgehead atoms. The molecule has 1 aromatic heterocycles. The van der Waals surface area contributed by atoms with Gasteiger partial charge in [0.1, 0.15) is 18.0 Å². The first-order valence-electron chi connectivity index (χ1n) is 11.9. The average Bonchev–Trinajstić information content (AvgIpc) is 3.31. The molecule has 200 valence electrons. The lowest BCUT2D eigenvalue weighted by atomic mass is 10.1. The summed E-state index contributed by atoms with van der Waals surface area (Å²) in [5, 5.41) is 23.1. The van der Waals surface area contributed by atoms with Crippen molar-refractivity contribution in [2.24, 2.45) is 11.0 Å². The molecule has 2 aliphatic rings. The number of nitrogens with zero attached hydrogens (tertiary/aromatic N) is 5. The molecule has 1 saturated heterocycles. The maximum Gasteiger partial charge on any atom is 0.306 e. The van der Waals surface area contributed by atoms with Gasteiger partial charge in [0.25, 0.3) is 5.91 Å². The van der Waals surface area contributed by atoms with Gasteiger partial charge in [-0.25, -0.2) is 14.4 Å². The number of ether oxygens (including phenoxy) is 1. The Kier molecular flexibility index (Phi) is 8.26. The maximum absolute atomic E-state index is 14.9. The summed E-state index contributed by atoms with van der Waals surface area (Å²) in [5.74, 6) is -2.74. The van der Waals surface area contributed by atoms with Crippen LogP contribution in [0.1, 0.15) is 19.3 Å². The predicted molar refractivity (Wildman–Crippen MR) is 133 cm³/mol. The van der Waals surface area contributed by atoms with Gasteiger partial charge in [0.15, 0.2) is 6.61 Å². The highest BCUT2D eigenvalue weighted by atomic mass is 19.1. The second-order valence-corrected chi connectivity index (χ2v) is 8.82. The highest BCUT2D eigenvalue weighted by molar-refractivity contribution is 5.96. The van der Waals surface area contributed by atoms with Crippen LogP contribution in [0, 0.1) is 11.7 Å². The number of amides is 2. The number of carbonyl (C=O) groups excluding carboxylic acids is 3. The summed E-state index contributed by atoms with van der Waals surface area (Å²) in [6.07, 6.45) is 2.45. The highest BCUT2D eigenvalue weighted by Crippen LogP contribution is 2.30. The molecule has 0 radical (unpaired) electrons. The van der Waals surface area contributed by atoms with Gasteiger partial charge in [-0.15, -0.1) is 0 Å². The van der Waals surface area contributed by atoms with Gasteiger partial charge in [0, 0.05) is 55.0 Å². The first-order chi connectivity index (χ1) is 18.2. The zero-order chi connectivity index (χ0) is 27.2. The number of aliphatic hydroxyl groups is 1. The van der Waals surface area contributed by atoms with Crippen LogP contribution < -0.4 is 9.80 Å². The van der Waals surface area contributed by atoms with E-state index in [9.17, 15) is 28.7 Å². The van der Waals surface area contributed by atoms with E-state index in [4.69, 9.17) is 9.84 Å². The number of hydrogen-bond acceptors (Lipinski definition) is 9. The van der Waals surface area contributed by atoms with Crippen LogP contribution in [0.5, 0.6) is 0 Å². The van der Waals surface area contributed by atoms with E-state index >= 15 is 0 Å². The zero-order valence-electron chi connectivity index (χ0n) is 20.3. The fraction of sp³-hybridized carbons (Fsp3) is 0.360. The van der Waals surface area contributed by atoms with Crippen LogP contribution in [0.15, 0.2) is 41.6 Å². The Bertz CT molecular complexity index is 1250. The van der Waals surface area contributed by atoms with Gasteiger partial charge in [-0.3, -0.25) is 19.2 Å². The Morgan fingerprint density at radius 1 is 1.13 bits per heavy atom. The van der Waals surface area contributed by atoms with Gasteiger partial charge < -0.3 is 24.7 Å². The highest BCUT2D eigenvalue weighted by Gasteiger charge is 2.30. The summed E-state index contributed by atoms with van der Waals surface area (Å²) < 4.78 is 19.7. The lowest BCUT2D eigenvalue weighted by Crippen LogP contribution is -2.42. The monoisotopic (exact) mass is 527 g/mol. The molecule has 2 aliphatic heterocycles. The van der Waals surface area contributed by atoms with E-state index in [-0.39, 0.29) is 44.2 Å². The van der Waals surface area contributed by atoms with Crippen LogP contribution in [-0.4, -0.2) is 83.1 Å². The van der Waals surface area contributed by atoms with Gasteiger partial charge in [-0.1, -0.05) is 0 Å². The van der Waals surface area contributed by atoms with Crippen molar-refractivity contribution in [3.8, 4) is 11.1 Å². The number of carboxylic acid groups (broad SMARTS) is 1. The number of aliphatic hydroxyl groups excluding tert-OH is 1. The van der Waals surface area contributed by atoms with Crippen molar-refractivity contribution in [2.45, 2.75) is 19.3 Å². The molecule has 0 aliphatic carbocycles. The summed E-state index contributed by atoms with van der Waals surface area (Å²) in [7, 11) is 0. The van der Waals surface area contributed by atoms with E-state index in [0.717, 1.165) is 5.01 Å². The lowest BCUT2D eigenvalue weighted by Gasteiger charge is -2.27. The molecule has 2 N–H and O–H groups in total. The van der Waals surface area contributed by atoms with Crippen LogP contribution >= 0.6 is 0 Å². The topological polar surface area (TPSA) is 153 Å². The fourth-order valence-corrected chi connectivity index (χ4v) is 4.08. The van der Waals surface area contributed by atoms with Crippen molar-refractivity contribution >= 4 is 41.6 Å². The lowest BCUT2D eigenvalue weighted by molar-refractivity contribution is -0.153. The van der Waals surface area contributed by atoms with Crippen molar-refractivity contribution in [3.63, 3.8) is 0 Å². The number of esters is 1. The third kappa shape index (κ3) is 6.29. The van der Waals surface area contributed by atoms with Crippen molar-refractivity contribution < 1.29 is 38.5 Å². The van der Waals surface area contributed by atoms with Gasteiger partial charge in [-0.2, -0.15) is 5.10 Å². The molecule has 4 rings (SSSR count). The number of hydrazone groups is 1. The van der Waals surface area contributed by atoms with Gasteiger partial charge >= 0.3 is 11.9 Å². The smallest absolute Gasteiger partial charge is 0.306 e. The van der Waals surface area contributed by atoms with Crippen LogP contribution in [-0.2, 0) is 23.9 Å². The molecule has 1 aromatic carbocycles. The Morgan fingerprint density at radius 3 is 2.55 bits per heavy atom. The predicted octanol–water partition coefficient (Wildman–Crippen LogP) is 1.23. The summed E-state index contributed by atoms with van der Waals surface area (Å²) in [6.45, 7) is 0.274. The Labute approximate surface area is 216 Å². The molecule has 2 aromatic rings. The normalized spacial score (nSPS) is 17.2. The molecule has 1 atom stereocenters. The first kappa shape index (κ1) is 26.7. The molecular weight excluding hydrogens is 501 g/mol. The number of carboxylic acids is 1. The maximum atomic E-state index is 14.9. The molecule has 0 unspecified atom stereocenters. The van der Waals surface area contributed by atoms with Crippen LogP contribution in [0.4, 0.5) is 15.9 Å². The zero-order valence-corrected chi connectivity index (χ0v) is 20.3. The molecule has 2 amide bonds. The standard InChI is InChI=1S/C25H26FN5O7/c26-20-10-18(30-12-16(13-32)9-22(30)33)2-3-19(20)17-1-4-21(27-11-17)29-7-8-31(28-15-29)23(34)14-38-25(37)6-5-24(35)36/h1-4,10-11,15-16,32H,5-9,12-14H2,(H,35,36)/t16-/m1/s1. The van der Waals surface area contributed by atoms with Crippen LogP contribution in [0.25, 0.3) is 11.1 Å². The molecule has 0 spiro atoms. The number of rotatable bonds is 9. The van der Waals surface area contributed by atoms with E-state index < -0.39 is 30.3 Å². The Hall–Kier alpha value is -4.39. The number of pyridine rings is 1. The first-order valence-corrected chi connectivity index (χ1v) is 11.9. The second-order valence-electron chi connectivity index (χ2n) is 8.82. The third-order valence-electron chi connectivity index (χ3n) is 6.15. The minimum atomic E-state index is -1.13. The minimum Gasteiger partial charge on any atom is -0.481 e. The quantitative estimate of drug-likeness (QED) is 0.459. The molecule has 3 heterocycles. The van der Waals surface area contributed by atoms with Gasteiger partial charge in [-0.05, 0) is 30.3 Å². The van der Waals surface area contributed by atoms with Gasteiger partial charge in [0.2, 0.25) is 5.91 Å². The SMILES string of the molecule is O=C(O)CCC(=O)OCC(=O)N1CCN(c2ccc(-c3ccc(N4C[C@H](CO)CC4=O)cc3F)cn2)C=N1. The van der Waals surface area contributed by atoms with E-state index in [0.29, 0.717) is 35.7 Å². The van der Waals surface area contributed by atoms with Gasteiger partial charge in [0.05, 0.1) is 19.4 Å². The molecule has 1 fully saturated rings. The van der Waals surface area contributed by atoms with Crippen LogP contribution in [0.3, 0.4) is 0 Å². The number of aromatic nitrogens is 1. The number of benzene rings is 1. The van der Waals surface area contributed by atoms with E-state index in [1.807, 2.05) is 0 Å². The fourth-order valence-electron chi connectivity index (χ4n) is 4.08. The number of aliphatic carboxylic acids is 1.